The van der Waals surface area contributed by atoms with E-state index >= 15 is 0 Å². The minimum absolute atomic E-state index is 0.251. The molecule has 2 heteroatoms. The third kappa shape index (κ3) is 4.92. The van der Waals surface area contributed by atoms with Crippen LogP contribution in [0.4, 0.5) is 0 Å². The Morgan fingerprint density at radius 1 is 1.20 bits per heavy atom. The third-order valence-corrected chi connectivity index (χ3v) is 3.93. The molecule has 1 aromatic rings. The van der Waals surface area contributed by atoms with Crippen LogP contribution in [-0.2, 0) is 11.2 Å². The molecule has 2 nitrogen and oxygen atoms in total. The van der Waals surface area contributed by atoms with Crippen molar-refractivity contribution < 1.29 is 4.74 Å². The summed E-state index contributed by atoms with van der Waals surface area (Å²) in [6.07, 6.45) is 2.43. The zero-order valence-electron chi connectivity index (χ0n) is 14.0. The zero-order valence-corrected chi connectivity index (χ0v) is 14.0. The molecule has 0 radical (unpaired) electrons. The van der Waals surface area contributed by atoms with Crippen molar-refractivity contribution in [2.24, 2.45) is 5.92 Å². The monoisotopic (exact) mass is 277 g/mol. The Labute approximate surface area is 124 Å². The highest BCUT2D eigenvalue weighted by Crippen LogP contribution is 2.18. The quantitative estimate of drug-likeness (QED) is 0.778. The molecule has 1 N–H and O–H groups in total. The van der Waals surface area contributed by atoms with E-state index in [1.807, 2.05) is 7.11 Å². The van der Waals surface area contributed by atoms with Crippen LogP contribution in [0.15, 0.2) is 18.2 Å². The highest BCUT2D eigenvalue weighted by Gasteiger charge is 2.24. The lowest BCUT2D eigenvalue weighted by atomic mass is 9.91. The smallest absolute Gasteiger partial charge is 0.0750 e. The van der Waals surface area contributed by atoms with Gasteiger partial charge in [-0.1, -0.05) is 44.5 Å². The van der Waals surface area contributed by atoms with E-state index in [0.717, 1.165) is 19.4 Å². The number of aryl methyl sites for hydroxylation is 2. The maximum absolute atomic E-state index is 5.75. The number of rotatable bonds is 8. The SMILES string of the molecule is CCCNC(Cc1cc(C)ccc1C)C(OC)C(C)C. The lowest BCUT2D eigenvalue weighted by molar-refractivity contribution is 0.0332. The average molecular weight is 277 g/mol. The first-order chi connectivity index (χ1) is 9.49. The van der Waals surface area contributed by atoms with Gasteiger partial charge in [0, 0.05) is 13.2 Å². The van der Waals surface area contributed by atoms with Crippen molar-refractivity contribution in [3.8, 4) is 0 Å². The van der Waals surface area contributed by atoms with Crippen LogP contribution in [0.3, 0.4) is 0 Å². The molecule has 2 unspecified atom stereocenters. The van der Waals surface area contributed by atoms with Crippen LogP contribution in [0.1, 0.15) is 43.9 Å². The molecule has 0 bridgehead atoms. The molecular weight excluding hydrogens is 246 g/mol. The zero-order chi connectivity index (χ0) is 15.1. The van der Waals surface area contributed by atoms with Crippen LogP contribution in [-0.4, -0.2) is 25.8 Å². The summed E-state index contributed by atoms with van der Waals surface area (Å²) in [4.78, 5) is 0. The van der Waals surface area contributed by atoms with E-state index < -0.39 is 0 Å². The second-order valence-corrected chi connectivity index (χ2v) is 6.14. The van der Waals surface area contributed by atoms with Crippen LogP contribution in [0.2, 0.25) is 0 Å². The van der Waals surface area contributed by atoms with Crippen molar-refractivity contribution in [3.05, 3.63) is 34.9 Å². The van der Waals surface area contributed by atoms with Gasteiger partial charge in [0.2, 0.25) is 0 Å². The van der Waals surface area contributed by atoms with Crippen LogP contribution >= 0.6 is 0 Å². The van der Waals surface area contributed by atoms with E-state index in [9.17, 15) is 0 Å². The van der Waals surface area contributed by atoms with Gasteiger partial charge in [-0.05, 0) is 50.3 Å². The average Bonchev–Trinajstić information content (AvgIpc) is 2.40. The van der Waals surface area contributed by atoms with E-state index in [4.69, 9.17) is 4.74 Å². The molecule has 0 aliphatic carbocycles. The molecule has 0 aliphatic heterocycles. The second-order valence-electron chi connectivity index (χ2n) is 6.14. The predicted molar refractivity (Wildman–Crippen MR) is 87.3 cm³/mol. The summed E-state index contributed by atoms with van der Waals surface area (Å²) >= 11 is 0. The van der Waals surface area contributed by atoms with Gasteiger partial charge in [0.1, 0.15) is 0 Å². The highest BCUT2D eigenvalue weighted by molar-refractivity contribution is 5.31. The van der Waals surface area contributed by atoms with E-state index in [1.54, 1.807) is 0 Å². The summed E-state index contributed by atoms with van der Waals surface area (Å²) in [7, 11) is 1.83. The van der Waals surface area contributed by atoms with Crippen LogP contribution in [0.25, 0.3) is 0 Å². The van der Waals surface area contributed by atoms with Gasteiger partial charge in [0.25, 0.3) is 0 Å². The summed E-state index contributed by atoms with van der Waals surface area (Å²) in [6, 6.07) is 7.09. The van der Waals surface area contributed by atoms with Gasteiger partial charge in [-0.25, -0.2) is 0 Å². The molecule has 0 aliphatic rings. The van der Waals surface area contributed by atoms with Gasteiger partial charge < -0.3 is 10.1 Å². The van der Waals surface area contributed by atoms with Crippen molar-refractivity contribution in [3.63, 3.8) is 0 Å². The molecule has 0 fully saturated rings. The molecule has 114 valence electrons. The molecule has 0 aromatic heterocycles. The summed E-state index contributed by atoms with van der Waals surface area (Å²) in [5.74, 6) is 0.513. The van der Waals surface area contributed by atoms with Gasteiger partial charge >= 0.3 is 0 Å². The molecule has 0 amide bonds. The topological polar surface area (TPSA) is 21.3 Å². The van der Waals surface area contributed by atoms with Gasteiger partial charge in [-0.15, -0.1) is 0 Å². The van der Waals surface area contributed by atoms with Crippen molar-refractivity contribution >= 4 is 0 Å². The third-order valence-electron chi connectivity index (χ3n) is 3.93. The Morgan fingerprint density at radius 3 is 2.45 bits per heavy atom. The van der Waals surface area contributed by atoms with Crippen molar-refractivity contribution in [1.29, 1.82) is 0 Å². The van der Waals surface area contributed by atoms with E-state index in [-0.39, 0.29) is 6.10 Å². The van der Waals surface area contributed by atoms with Gasteiger partial charge in [0.05, 0.1) is 6.10 Å². The summed E-state index contributed by atoms with van der Waals surface area (Å²) in [6.45, 7) is 12.1. The highest BCUT2D eigenvalue weighted by atomic mass is 16.5. The maximum atomic E-state index is 5.75. The van der Waals surface area contributed by atoms with Crippen LogP contribution in [0, 0.1) is 19.8 Å². The Hall–Kier alpha value is -0.860. The summed E-state index contributed by atoms with van der Waals surface area (Å²) in [5.41, 5.74) is 4.14. The predicted octanol–water partition coefficient (Wildman–Crippen LogP) is 3.89. The number of ether oxygens (including phenoxy) is 1. The fourth-order valence-electron chi connectivity index (χ4n) is 2.79. The number of nitrogens with one attached hydrogen (secondary N) is 1. The molecule has 20 heavy (non-hydrogen) atoms. The second kappa shape index (κ2) is 8.43. The molecule has 0 spiro atoms. The minimum atomic E-state index is 0.251. The van der Waals surface area contributed by atoms with Crippen molar-refractivity contribution in [2.45, 2.75) is 59.6 Å². The lowest BCUT2D eigenvalue weighted by Gasteiger charge is -2.30. The maximum Gasteiger partial charge on any atom is 0.0750 e. The summed E-state index contributed by atoms with van der Waals surface area (Å²) < 4.78 is 5.75. The molecule has 0 heterocycles. The molecule has 2 atom stereocenters. The fraction of sp³-hybridized carbons (Fsp3) is 0.667. The molecule has 1 rings (SSSR count). The first-order valence-electron chi connectivity index (χ1n) is 7.81. The Morgan fingerprint density at radius 2 is 1.90 bits per heavy atom. The Kier molecular flexibility index (Phi) is 7.25. The number of benzene rings is 1. The van der Waals surface area contributed by atoms with E-state index in [2.05, 4.69) is 58.1 Å². The van der Waals surface area contributed by atoms with E-state index in [1.165, 1.54) is 16.7 Å². The Balaban J connectivity index is 2.90. The Bertz CT molecular complexity index is 400. The molecule has 1 aromatic carbocycles. The minimum Gasteiger partial charge on any atom is -0.380 e. The molecule has 0 saturated heterocycles. The van der Waals surface area contributed by atoms with Gasteiger partial charge in [0.15, 0.2) is 0 Å². The first-order valence-corrected chi connectivity index (χ1v) is 7.81. The first kappa shape index (κ1) is 17.2. The van der Waals surface area contributed by atoms with Crippen molar-refractivity contribution in [2.75, 3.05) is 13.7 Å². The summed E-state index contributed by atoms with van der Waals surface area (Å²) in [5, 5.41) is 3.67. The molecular formula is C18H31NO. The number of hydrogen-bond donors (Lipinski definition) is 1. The lowest BCUT2D eigenvalue weighted by Crippen LogP contribution is -2.45. The van der Waals surface area contributed by atoms with Gasteiger partial charge in [-0.3, -0.25) is 0 Å². The van der Waals surface area contributed by atoms with Gasteiger partial charge in [-0.2, -0.15) is 0 Å². The normalized spacial score (nSPS) is 14.6. The van der Waals surface area contributed by atoms with E-state index in [0.29, 0.717) is 12.0 Å². The number of hydrogen-bond acceptors (Lipinski definition) is 2. The van der Waals surface area contributed by atoms with Crippen LogP contribution in [0.5, 0.6) is 0 Å². The fourth-order valence-corrected chi connectivity index (χ4v) is 2.79. The molecule has 0 saturated carbocycles. The standard InChI is InChI=1S/C18H31NO/c1-7-10-19-17(18(20-6)13(2)3)12-16-11-14(4)8-9-15(16)5/h8-9,11,13,17-19H,7,10,12H2,1-6H3. The van der Waals surface area contributed by atoms with Crippen LogP contribution < -0.4 is 5.32 Å². The number of methoxy groups -OCH3 is 1. The largest absolute Gasteiger partial charge is 0.380 e. The van der Waals surface area contributed by atoms with Crippen molar-refractivity contribution in [1.82, 2.24) is 5.32 Å².